The molecule has 2 aliphatic carbocycles. The van der Waals surface area contributed by atoms with Gasteiger partial charge < -0.3 is 14.6 Å². The van der Waals surface area contributed by atoms with Gasteiger partial charge >= 0.3 is 11.9 Å². The summed E-state index contributed by atoms with van der Waals surface area (Å²) in [6.45, 7) is 8.71. The summed E-state index contributed by atoms with van der Waals surface area (Å²) in [7, 11) is 0. The number of rotatable bonds is 2. The van der Waals surface area contributed by atoms with Gasteiger partial charge in [0.25, 0.3) is 0 Å². The predicted molar refractivity (Wildman–Crippen MR) is 93.0 cm³/mol. The molecule has 2 bridgehead atoms. The number of hydrogen-bond acceptors (Lipinski definition) is 7. The Bertz CT molecular complexity index is 753. The van der Waals surface area contributed by atoms with E-state index in [1.165, 1.54) is 0 Å². The van der Waals surface area contributed by atoms with E-state index in [0.29, 0.717) is 5.57 Å². The maximum atomic E-state index is 12.4. The second kappa shape index (κ2) is 5.65. The van der Waals surface area contributed by atoms with Crippen LogP contribution in [0.4, 0.5) is 0 Å². The smallest absolute Gasteiger partial charge is 0.333 e. The normalized spacial score (nSPS) is 50.8. The highest BCUT2D eigenvalue weighted by molar-refractivity contribution is 5.87. The van der Waals surface area contributed by atoms with Gasteiger partial charge in [-0.15, -0.1) is 0 Å². The van der Waals surface area contributed by atoms with Gasteiger partial charge in [0.15, 0.2) is 5.60 Å². The molecule has 4 aliphatic rings. The highest BCUT2D eigenvalue weighted by atomic mass is 17.2. The average Bonchev–Trinajstić information content (AvgIpc) is 3.16. The van der Waals surface area contributed by atoms with Crippen molar-refractivity contribution in [2.45, 2.75) is 70.1 Å². The predicted octanol–water partition coefficient (Wildman–Crippen LogP) is 1.84. The molecule has 0 radical (unpaired) electrons. The van der Waals surface area contributed by atoms with Gasteiger partial charge in [-0.1, -0.05) is 19.1 Å². The molecule has 0 aromatic rings. The van der Waals surface area contributed by atoms with Crippen LogP contribution in [-0.4, -0.2) is 46.1 Å². The van der Waals surface area contributed by atoms with E-state index in [1.807, 2.05) is 13.0 Å². The zero-order valence-electron chi connectivity index (χ0n) is 16.2. The highest BCUT2D eigenvalue weighted by Crippen LogP contribution is 2.62. The molecule has 3 fully saturated rings. The molecule has 0 aromatic carbocycles. The maximum absolute atomic E-state index is 12.4. The molecule has 0 spiro atoms. The van der Waals surface area contributed by atoms with Crippen molar-refractivity contribution in [2.75, 3.05) is 0 Å². The third-order valence-corrected chi connectivity index (χ3v) is 6.89. The first kappa shape index (κ1) is 18.7. The van der Waals surface area contributed by atoms with Crippen LogP contribution >= 0.6 is 0 Å². The first-order valence-electron chi connectivity index (χ1n) is 9.40. The van der Waals surface area contributed by atoms with Crippen molar-refractivity contribution in [1.82, 2.24) is 0 Å². The quantitative estimate of drug-likeness (QED) is 0.339. The lowest BCUT2D eigenvalue weighted by Gasteiger charge is -2.40. The van der Waals surface area contributed by atoms with Crippen LogP contribution in [0.1, 0.15) is 41.0 Å². The molecule has 0 unspecified atom stereocenters. The van der Waals surface area contributed by atoms with Gasteiger partial charge in [0.1, 0.15) is 23.4 Å². The molecular weight excluding hydrogens is 352 g/mol. The zero-order chi connectivity index (χ0) is 19.8. The molecule has 7 heteroatoms. The molecule has 148 valence electrons. The Hall–Kier alpha value is -1.70. The molecule has 0 amide bonds. The lowest BCUT2D eigenvalue weighted by atomic mass is 9.70. The molecule has 2 heterocycles. The van der Waals surface area contributed by atoms with Gasteiger partial charge in [-0.3, -0.25) is 4.79 Å². The van der Waals surface area contributed by atoms with Crippen LogP contribution in [0.2, 0.25) is 0 Å². The number of allylic oxidation sites excluding steroid dienone is 1. The number of fused-ring (bicyclic) bond motifs is 1. The number of ether oxygens (including phenoxy) is 2. The number of carbonyl (C=O) groups is 2. The Morgan fingerprint density at radius 3 is 2.63 bits per heavy atom. The van der Waals surface area contributed by atoms with Crippen molar-refractivity contribution in [2.24, 2.45) is 17.8 Å². The van der Waals surface area contributed by atoms with Crippen LogP contribution in [0.15, 0.2) is 23.8 Å². The van der Waals surface area contributed by atoms with E-state index in [9.17, 15) is 14.7 Å². The fourth-order valence-corrected chi connectivity index (χ4v) is 5.16. The zero-order valence-corrected chi connectivity index (χ0v) is 16.2. The molecule has 1 N–H and O–H groups in total. The summed E-state index contributed by atoms with van der Waals surface area (Å²) in [5.74, 6) is -2.08. The van der Waals surface area contributed by atoms with E-state index in [0.717, 1.165) is 0 Å². The minimum atomic E-state index is -1.38. The number of aliphatic hydroxyl groups is 1. The Kier molecular flexibility index (Phi) is 3.91. The molecule has 7 nitrogen and oxygen atoms in total. The molecule has 8 atom stereocenters. The van der Waals surface area contributed by atoms with E-state index < -0.39 is 52.7 Å². The maximum Gasteiger partial charge on any atom is 0.333 e. The first-order valence-corrected chi connectivity index (χ1v) is 9.40. The lowest BCUT2D eigenvalue weighted by Crippen LogP contribution is -2.56. The van der Waals surface area contributed by atoms with Crippen LogP contribution in [0.3, 0.4) is 0 Å². The monoisotopic (exact) mass is 378 g/mol. The Morgan fingerprint density at radius 2 is 2.04 bits per heavy atom. The Balaban J connectivity index is 1.79. The third kappa shape index (κ3) is 2.31. The summed E-state index contributed by atoms with van der Waals surface area (Å²) in [6.07, 6.45) is 4.17. The lowest BCUT2D eigenvalue weighted by molar-refractivity contribution is -0.361. The van der Waals surface area contributed by atoms with Gasteiger partial charge in [0.2, 0.25) is 0 Å². The van der Waals surface area contributed by atoms with Crippen LogP contribution in [-0.2, 0) is 28.8 Å². The van der Waals surface area contributed by atoms with Crippen LogP contribution in [0.5, 0.6) is 0 Å². The minimum Gasteiger partial charge on any atom is -0.461 e. The Labute approximate surface area is 158 Å². The van der Waals surface area contributed by atoms with E-state index in [-0.39, 0.29) is 12.4 Å². The largest absolute Gasteiger partial charge is 0.461 e. The molecular formula is C20H26O7. The second-order valence-electron chi connectivity index (χ2n) is 8.62. The summed E-state index contributed by atoms with van der Waals surface area (Å²) >= 11 is 0. The van der Waals surface area contributed by atoms with Gasteiger partial charge in [0, 0.05) is 17.9 Å². The molecule has 2 aliphatic heterocycles. The molecule has 27 heavy (non-hydrogen) atoms. The van der Waals surface area contributed by atoms with Crippen LogP contribution < -0.4 is 0 Å². The average molecular weight is 378 g/mol. The van der Waals surface area contributed by atoms with Crippen molar-refractivity contribution in [3.05, 3.63) is 23.8 Å². The van der Waals surface area contributed by atoms with Crippen molar-refractivity contribution >= 4 is 11.9 Å². The summed E-state index contributed by atoms with van der Waals surface area (Å²) in [4.78, 5) is 36.1. The standard InChI is InChI=1S/C20H26O7/c1-6-10(2)16(21)24-12-9-19(5,23)20-8-7-18(4,26-27-20)15(20)14-13(12)11(3)17(22)25-14/h6-8,11-15,23H,9H2,1-5H3/b10-6-/t11-,12-,13+,14-,15-,18+,19+,20-/m0/s1. The number of hydrogen-bond donors (Lipinski definition) is 1. The molecule has 4 rings (SSSR count). The SMILES string of the molecule is C/C=C(/C)C(=O)O[C@H]1C[C@@](C)(O)[C@@]23C=C[C@@](C)(OO2)[C@@H]3[C@H]2OC(=O)[C@@H](C)[C@@H]21. The van der Waals surface area contributed by atoms with Gasteiger partial charge in [-0.25, -0.2) is 14.6 Å². The van der Waals surface area contributed by atoms with Crippen molar-refractivity contribution < 1.29 is 33.9 Å². The fraction of sp³-hybridized carbons (Fsp3) is 0.700. The number of carbonyl (C=O) groups excluding carboxylic acids is 2. The summed E-state index contributed by atoms with van der Waals surface area (Å²) in [5.41, 5.74) is -2.89. The van der Waals surface area contributed by atoms with Gasteiger partial charge in [0.05, 0.1) is 11.8 Å². The summed E-state index contributed by atoms with van der Waals surface area (Å²) < 4.78 is 11.5. The van der Waals surface area contributed by atoms with E-state index in [1.54, 1.807) is 39.8 Å². The summed E-state index contributed by atoms with van der Waals surface area (Å²) in [5, 5.41) is 11.4. The fourth-order valence-electron chi connectivity index (χ4n) is 5.16. The molecule has 2 saturated heterocycles. The van der Waals surface area contributed by atoms with E-state index in [2.05, 4.69) is 0 Å². The summed E-state index contributed by atoms with van der Waals surface area (Å²) in [6, 6.07) is 0. The highest BCUT2D eigenvalue weighted by Gasteiger charge is 2.75. The first-order chi connectivity index (χ1) is 12.6. The van der Waals surface area contributed by atoms with E-state index in [4.69, 9.17) is 19.2 Å². The Morgan fingerprint density at radius 1 is 1.33 bits per heavy atom. The van der Waals surface area contributed by atoms with E-state index >= 15 is 0 Å². The van der Waals surface area contributed by atoms with Crippen LogP contribution in [0, 0.1) is 17.8 Å². The minimum absolute atomic E-state index is 0.109. The topological polar surface area (TPSA) is 91.3 Å². The van der Waals surface area contributed by atoms with Crippen molar-refractivity contribution in [3.8, 4) is 0 Å². The van der Waals surface area contributed by atoms with Crippen molar-refractivity contribution in [1.29, 1.82) is 0 Å². The molecule has 1 saturated carbocycles. The molecule has 0 aromatic heterocycles. The van der Waals surface area contributed by atoms with Crippen molar-refractivity contribution in [3.63, 3.8) is 0 Å². The van der Waals surface area contributed by atoms with Gasteiger partial charge in [-0.2, -0.15) is 0 Å². The van der Waals surface area contributed by atoms with Gasteiger partial charge in [-0.05, 0) is 33.8 Å². The van der Waals surface area contributed by atoms with Crippen LogP contribution in [0.25, 0.3) is 0 Å². The number of esters is 2. The second-order valence-corrected chi connectivity index (χ2v) is 8.62. The third-order valence-electron chi connectivity index (χ3n) is 6.89.